The van der Waals surface area contributed by atoms with Crippen LogP contribution in [0.2, 0.25) is 0 Å². The Morgan fingerprint density at radius 2 is 1.93 bits per heavy atom. The number of amides is 2. The van der Waals surface area contributed by atoms with Crippen molar-refractivity contribution in [2.24, 2.45) is 0 Å². The lowest BCUT2D eigenvalue weighted by atomic mass is 10.1. The van der Waals surface area contributed by atoms with E-state index < -0.39 is 17.9 Å². The van der Waals surface area contributed by atoms with Gasteiger partial charge in [0.25, 0.3) is 0 Å². The van der Waals surface area contributed by atoms with E-state index in [1.165, 1.54) is 18.7 Å². The number of nitriles is 1. The van der Waals surface area contributed by atoms with Crippen LogP contribution >= 0.6 is 0 Å². The monoisotopic (exact) mass is 360 g/mol. The van der Waals surface area contributed by atoms with Gasteiger partial charge in [-0.3, -0.25) is 14.3 Å². The van der Waals surface area contributed by atoms with Gasteiger partial charge in [0.2, 0.25) is 0 Å². The smallest absolute Gasteiger partial charge is 0.313 e. The van der Waals surface area contributed by atoms with Gasteiger partial charge in [-0.2, -0.15) is 10.4 Å². The molecule has 0 saturated carbocycles. The first-order valence-electron chi connectivity index (χ1n) is 8.15. The Hall–Kier alpha value is -3.99. The van der Waals surface area contributed by atoms with Gasteiger partial charge in [-0.1, -0.05) is 36.4 Å². The maximum Gasteiger partial charge on any atom is 0.313 e. The standard InChI is InChI=1S/C19H16N6O2/c20-10-14-5-4-8-16(9-14)23-18(26)19(27)24-17(11-25-13-21-12-22-25)15-6-2-1-3-7-15/h1-9,12-13,17H,11H2,(H,23,26)(H,24,27)/t17-/m1/s1. The molecule has 2 aromatic carbocycles. The van der Waals surface area contributed by atoms with E-state index in [9.17, 15) is 9.59 Å². The number of benzene rings is 2. The second kappa shape index (κ2) is 8.40. The van der Waals surface area contributed by atoms with Crippen LogP contribution in [-0.2, 0) is 16.1 Å². The minimum atomic E-state index is -0.815. The van der Waals surface area contributed by atoms with E-state index >= 15 is 0 Å². The van der Waals surface area contributed by atoms with Gasteiger partial charge in [-0.05, 0) is 23.8 Å². The molecule has 3 rings (SSSR count). The summed E-state index contributed by atoms with van der Waals surface area (Å²) < 4.78 is 1.58. The van der Waals surface area contributed by atoms with E-state index in [0.29, 0.717) is 17.8 Å². The van der Waals surface area contributed by atoms with Crippen molar-refractivity contribution >= 4 is 17.5 Å². The Balaban J connectivity index is 1.71. The fourth-order valence-electron chi connectivity index (χ4n) is 2.51. The second-order valence-corrected chi connectivity index (χ2v) is 5.70. The van der Waals surface area contributed by atoms with Crippen LogP contribution in [0.1, 0.15) is 17.2 Å². The van der Waals surface area contributed by atoms with Crippen molar-refractivity contribution in [3.05, 3.63) is 78.4 Å². The van der Waals surface area contributed by atoms with Crippen LogP contribution in [0.5, 0.6) is 0 Å². The first-order valence-corrected chi connectivity index (χ1v) is 8.15. The topological polar surface area (TPSA) is 113 Å². The number of hydrogen-bond donors (Lipinski definition) is 2. The highest BCUT2D eigenvalue weighted by molar-refractivity contribution is 6.39. The Bertz CT molecular complexity index is 963. The predicted octanol–water partition coefficient (Wildman–Crippen LogP) is 1.65. The van der Waals surface area contributed by atoms with Crippen LogP contribution in [-0.4, -0.2) is 26.6 Å². The van der Waals surface area contributed by atoms with Crippen LogP contribution in [0.25, 0.3) is 0 Å². The molecule has 0 fully saturated rings. The van der Waals surface area contributed by atoms with Gasteiger partial charge >= 0.3 is 11.8 Å². The normalized spacial score (nSPS) is 11.2. The average molecular weight is 360 g/mol. The van der Waals surface area contributed by atoms with Crippen molar-refractivity contribution in [3.8, 4) is 6.07 Å². The van der Waals surface area contributed by atoms with Crippen LogP contribution in [0, 0.1) is 11.3 Å². The van der Waals surface area contributed by atoms with E-state index in [1.54, 1.807) is 22.9 Å². The van der Waals surface area contributed by atoms with Crippen LogP contribution in [0.3, 0.4) is 0 Å². The van der Waals surface area contributed by atoms with E-state index in [4.69, 9.17) is 5.26 Å². The maximum absolute atomic E-state index is 12.4. The zero-order valence-corrected chi connectivity index (χ0v) is 14.2. The summed E-state index contributed by atoms with van der Waals surface area (Å²) in [5, 5.41) is 18.2. The molecule has 0 bridgehead atoms. The molecule has 0 radical (unpaired) electrons. The molecule has 0 aliphatic carbocycles. The summed E-state index contributed by atoms with van der Waals surface area (Å²) >= 11 is 0. The van der Waals surface area contributed by atoms with E-state index in [2.05, 4.69) is 20.7 Å². The van der Waals surface area contributed by atoms with E-state index in [1.807, 2.05) is 36.4 Å². The number of carbonyl (C=O) groups is 2. The molecule has 1 atom stereocenters. The molecule has 0 unspecified atom stereocenters. The number of carbonyl (C=O) groups excluding carboxylic acids is 2. The summed E-state index contributed by atoms with van der Waals surface area (Å²) in [7, 11) is 0. The molecule has 2 amide bonds. The number of hydrogen-bond acceptors (Lipinski definition) is 5. The van der Waals surface area contributed by atoms with Crippen molar-refractivity contribution in [2.75, 3.05) is 5.32 Å². The third kappa shape index (κ3) is 4.76. The second-order valence-electron chi connectivity index (χ2n) is 5.70. The molecule has 134 valence electrons. The lowest BCUT2D eigenvalue weighted by Crippen LogP contribution is -2.39. The third-order valence-electron chi connectivity index (χ3n) is 3.80. The highest BCUT2D eigenvalue weighted by Crippen LogP contribution is 2.15. The van der Waals surface area contributed by atoms with Gasteiger partial charge in [-0.25, -0.2) is 4.98 Å². The molecule has 0 saturated heterocycles. The zero-order valence-electron chi connectivity index (χ0n) is 14.2. The lowest BCUT2D eigenvalue weighted by molar-refractivity contribution is -0.136. The Morgan fingerprint density at radius 3 is 2.63 bits per heavy atom. The minimum absolute atomic E-state index is 0.326. The molecule has 3 aromatic rings. The molecule has 2 N–H and O–H groups in total. The maximum atomic E-state index is 12.4. The molecule has 0 aliphatic rings. The van der Waals surface area contributed by atoms with E-state index in [0.717, 1.165) is 5.56 Å². The summed E-state index contributed by atoms with van der Waals surface area (Å²) in [6.45, 7) is 0.326. The Kier molecular flexibility index (Phi) is 5.54. The number of nitrogens with one attached hydrogen (secondary N) is 2. The Labute approximate surface area is 155 Å². The molecule has 27 heavy (non-hydrogen) atoms. The predicted molar refractivity (Wildman–Crippen MR) is 97.1 cm³/mol. The van der Waals surface area contributed by atoms with Crippen molar-refractivity contribution in [1.82, 2.24) is 20.1 Å². The molecule has 0 aliphatic heterocycles. The lowest BCUT2D eigenvalue weighted by Gasteiger charge is -2.19. The highest BCUT2D eigenvalue weighted by Gasteiger charge is 2.21. The van der Waals surface area contributed by atoms with E-state index in [-0.39, 0.29) is 0 Å². The first kappa shape index (κ1) is 17.8. The average Bonchev–Trinajstić information content (AvgIpc) is 3.21. The van der Waals surface area contributed by atoms with Crippen molar-refractivity contribution < 1.29 is 9.59 Å². The van der Waals surface area contributed by atoms with Crippen LogP contribution in [0.4, 0.5) is 5.69 Å². The summed E-state index contributed by atoms with van der Waals surface area (Å²) in [5.74, 6) is -1.60. The van der Waals surface area contributed by atoms with Gasteiger partial charge in [0, 0.05) is 5.69 Å². The quantitative estimate of drug-likeness (QED) is 0.672. The summed E-state index contributed by atoms with van der Waals surface area (Å²) in [6, 6.07) is 17.1. The minimum Gasteiger partial charge on any atom is -0.339 e. The molecule has 8 nitrogen and oxygen atoms in total. The molecular formula is C19H16N6O2. The Morgan fingerprint density at radius 1 is 1.11 bits per heavy atom. The van der Waals surface area contributed by atoms with Crippen LogP contribution in [0.15, 0.2) is 67.3 Å². The number of anilines is 1. The number of nitrogens with zero attached hydrogens (tertiary/aromatic N) is 4. The summed E-state index contributed by atoms with van der Waals surface area (Å²) in [4.78, 5) is 28.5. The molecule has 1 heterocycles. The van der Waals surface area contributed by atoms with Crippen molar-refractivity contribution in [1.29, 1.82) is 5.26 Å². The van der Waals surface area contributed by atoms with Gasteiger partial charge in [0.15, 0.2) is 0 Å². The summed E-state index contributed by atoms with van der Waals surface area (Å²) in [5.41, 5.74) is 1.60. The number of aromatic nitrogens is 3. The fraction of sp³-hybridized carbons (Fsp3) is 0.105. The molecular weight excluding hydrogens is 344 g/mol. The van der Waals surface area contributed by atoms with Gasteiger partial charge in [-0.15, -0.1) is 0 Å². The molecule has 1 aromatic heterocycles. The van der Waals surface area contributed by atoms with Crippen molar-refractivity contribution in [3.63, 3.8) is 0 Å². The molecule has 0 spiro atoms. The first-order chi connectivity index (χ1) is 13.2. The largest absolute Gasteiger partial charge is 0.339 e. The molecule has 8 heteroatoms. The summed E-state index contributed by atoms with van der Waals surface area (Å²) in [6.07, 6.45) is 2.94. The zero-order chi connectivity index (χ0) is 19.1. The van der Waals surface area contributed by atoms with Crippen LogP contribution < -0.4 is 10.6 Å². The van der Waals surface area contributed by atoms with Gasteiger partial charge in [0.1, 0.15) is 12.7 Å². The fourth-order valence-corrected chi connectivity index (χ4v) is 2.51. The highest BCUT2D eigenvalue weighted by atomic mass is 16.2. The van der Waals surface area contributed by atoms with Gasteiger partial charge < -0.3 is 10.6 Å². The van der Waals surface area contributed by atoms with Gasteiger partial charge in [0.05, 0.1) is 24.2 Å². The third-order valence-corrected chi connectivity index (χ3v) is 3.80. The SMILES string of the molecule is N#Cc1cccc(NC(=O)C(=O)N[C@H](Cn2cncn2)c2ccccc2)c1. The van der Waals surface area contributed by atoms with Crippen molar-refractivity contribution in [2.45, 2.75) is 12.6 Å². The number of rotatable bonds is 5.